The van der Waals surface area contributed by atoms with Crippen LogP contribution in [0.2, 0.25) is 0 Å². The van der Waals surface area contributed by atoms with Crippen LogP contribution in [0.3, 0.4) is 0 Å². The Morgan fingerprint density at radius 2 is 1.88 bits per heavy atom. The summed E-state index contributed by atoms with van der Waals surface area (Å²) in [6.07, 6.45) is 0. The number of likely N-dealkylation sites (N-methyl/N-ethyl adjacent to an activating group) is 1. The maximum atomic E-state index is 11.8. The number of urea groups is 1. The minimum absolute atomic E-state index is 0.109. The quantitative estimate of drug-likeness (QED) is 0.730. The second-order valence-corrected chi connectivity index (χ2v) is 4.31. The van der Waals surface area contributed by atoms with Gasteiger partial charge in [-0.3, -0.25) is 4.90 Å². The van der Waals surface area contributed by atoms with E-state index in [1.54, 1.807) is 9.80 Å². The zero-order valence-corrected chi connectivity index (χ0v) is 10.7. The Balaban J connectivity index is 2.22. The lowest BCUT2D eigenvalue weighted by Gasteiger charge is -2.30. The summed E-state index contributed by atoms with van der Waals surface area (Å²) in [4.78, 5) is 17.7. The van der Waals surface area contributed by atoms with Gasteiger partial charge in [0, 0.05) is 59.9 Å². The Kier molecular flexibility index (Phi) is 5.55. The Morgan fingerprint density at radius 1 is 1.25 bits per heavy atom. The highest BCUT2D eigenvalue weighted by molar-refractivity contribution is 5.73. The first-order valence-electron chi connectivity index (χ1n) is 6.04. The van der Waals surface area contributed by atoms with E-state index in [4.69, 9.17) is 0 Å². The van der Waals surface area contributed by atoms with E-state index >= 15 is 0 Å². The number of piperazine rings is 1. The number of carbonyl (C=O) groups excluding carboxylic acids is 1. The summed E-state index contributed by atoms with van der Waals surface area (Å²) in [5.41, 5.74) is 0. The van der Waals surface area contributed by atoms with E-state index < -0.39 is 0 Å². The molecule has 1 heterocycles. The molecule has 0 unspecified atom stereocenters. The van der Waals surface area contributed by atoms with E-state index in [-0.39, 0.29) is 6.03 Å². The smallest absolute Gasteiger partial charge is 0.319 e. The van der Waals surface area contributed by atoms with Crippen molar-refractivity contribution in [2.45, 2.75) is 6.92 Å². The van der Waals surface area contributed by atoms with Crippen LogP contribution in [0, 0.1) is 0 Å². The number of nitrogens with one attached hydrogen (secondary N) is 1. The van der Waals surface area contributed by atoms with Crippen molar-refractivity contribution in [3.8, 4) is 0 Å². The maximum Gasteiger partial charge on any atom is 0.319 e. The van der Waals surface area contributed by atoms with Crippen molar-refractivity contribution >= 4 is 6.03 Å². The maximum absolute atomic E-state index is 11.8. The van der Waals surface area contributed by atoms with E-state index in [0.29, 0.717) is 0 Å². The monoisotopic (exact) mass is 228 g/mol. The highest BCUT2D eigenvalue weighted by Crippen LogP contribution is 1.96. The van der Waals surface area contributed by atoms with Gasteiger partial charge in [-0.25, -0.2) is 4.79 Å². The molecule has 0 radical (unpaired) electrons. The van der Waals surface area contributed by atoms with E-state index in [0.717, 1.165) is 45.8 Å². The molecule has 1 aliphatic heterocycles. The van der Waals surface area contributed by atoms with Crippen LogP contribution in [0.5, 0.6) is 0 Å². The molecule has 1 aliphatic rings. The topological polar surface area (TPSA) is 38.8 Å². The summed E-state index contributed by atoms with van der Waals surface area (Å²) in [5, 5.41) is 3.32. The van der Waals surface area contributed by atoms with Crippen molar-refractivity contribution in [1.29, 1.82) is 0 Å². The molecule has 1 saturated heterocycles. The molecule has 1 fully saturated rings. The van der Waals surface area contributed by atoms with Gasteiger partial charge in [0.1, 0.15) is 0 Å². The average Bonchev–Trinajstić information content (AvgIpc) is 2.35. The number of rotatable bonds is 4. The minimum Gasteiger partial charge on any atom is -0.328 e. The molecular weight excluding hydrogens is 204 g/mol. The Bertz CT molecular complexity index is 216. The summed E-state index contributed by atoms with van der Waals surface area (Å²) in [5.74, 6) is 0. The van der Waals surface area contributed by atoms with Crippen molar-refractivity contribution < 1.29 is 4.79 Å². The predicted octanol–water partition coefficient (Wildman–Crippen LogP) is -0.105. The number of amides is 2. The summed E-state index contributed by atoms with van der Waals surface area (Å²) < 4.78 is 0. The molecule has 94 valence electrons. The fraction of sp³-hybridized carbons (Fsp3) is 0.909. The second-order valence-electron chi connectivity index (χ2n) is 4.31. The lowest BCUT2D eigenvalue weighted by molar-refractivity contribution is 0.162. The Labute approximate surface area is 98.4 Å². The third kappa shape index (κ3) is 3.98. The summed E-state index contributed by atoms with van der Waals surface area (Å²) in [6.45, 7) is 8.83. The van der Waals surface area contributed by atoms with Gasteiger partial charge in [-0.1, -0.05) is 0 Å². The van der Waals surface area contributed by atoms with E-state index in [1.807, 2.05) is 21.0 Å². The van der Waals surface area contributed by atoms with Gasteiger partial charge >= 0.3 is 6.03 Å². The molecule has 5 heteroatoms. The van der Waals surface area contributed by atoms with Crippen LogP contribution in [0.25, 0.3) is 0 Å². The van der Waals surface area contributed by atoms with Crippen molar-refractivity contribution in [1.82, 2.24) is 20.0 Å². The first-order chi connectivity index (χ1) is 7.65. The molecule has 0 aromatic heterocycles. The van der Waals surface area contributed by atoms with Crippen LogP contribution in [0.15, 0.2) is 0 Å². The fourth-order valence-corrected chi connectivity index (χ4v) is 1.75. The van der Waals surface area contributed by atoms with Crippen LogP contribution in [-0.4, -0.2) is 80.6 Å². The first kappa shape index (κ1) is 13.3. The molecule has 1 rings (SSSR count). The highest BCUT2D eigenvalue weighted by atomic mass is 16.2. The van der Waals surface area contributed by atoms with Gasteiger partial charge in [0.15, 0.2) is 0 Å². The molecule has 5 nitrogen and oxygen atoms in total. The number of nitrogens with zero attached hydrogens (tertiary/aromatic N) is 3. The first-order valence-corrected chi connectivity index (χ1v) is 6.04. The van der Waals surface area contributed by atoms with Gasteiger partial charge in [0.05, 0.1) is 0 Å². The van der Waals surface area contributed by atoms with Crippen molar-refractivity contribution in [2.24, 2.45) is 0 Å². The van der Waals surface area contributed by atoms with E-state index in [2.05, 4.69) is 10.2 Å². The molecule has 0 bridgehead atoms. The van der Waals surface area contributed by atoms with Gasteiger partial charge < -0.3 is 15.1 Å². The van der Waals surface area contributed by atoms with Gasteiger partial charge in [-0.15, -0.1) is 0 Å². The number of hydrogen-bond acceptors (Lipinski definition) is 3. The standard InChI is InChI=1S/C11H24N4O/c1-4-13(2)11(16)14(3)9-10-15-7-5-12-6-8-15/h12H,4-10H2,1-3H3. The van der Waals surface area contributed by atoms with Gasteiger partial charge in [0.2, 0.25) is 0 Å². The van der Waals surface area contributed by atoms with E-state index in [9.17, 15) is 4.79 Å². The zero-order valence-electron chi connectivity index (χ0n) is 10.7. The SMILES string of the molecule is CCN(C)C(=O)N(C)CCN1CCNCC1. The Hall–Kier alpha value is -0.810. The molecule has 0 aromatic rings. The normalized spacial score (nSPS) is 17.2. The molecule has 0 aliphatic carbocycles. The molecule has 2 amide bonds. The number of carbonyl (C=O) groups is 1. The minimum atomic E-state index is 0.109. The van der Waals surface area contributed by atoms with Crippen LogP contribution in [0.1, 0.15) is 6.92 Å². The Morgan fingerprint density at radius 3 is 2.44 bits per heavy atom. The third-order valence-electron chi connectivity index (χ3n) is 3.09. The summed E-state index contributed by atoms with van der Waals surface area (Å²) in [7, 11) is 3.71. The number of hydrogen-bond donors (Lipinski definition) is 1. The molecule has 0 aromatic carbocycles. The molecule has 16 heavy (non-hydrogen) atoms. The fourth-order valence-electron chi connectivity index (χ4n) is 1.75. The predicted molar refractivity (Wildman–Crippen MR) is 65.6 cm³/mol. The second kappa shape index (κ2) is 6.70. The molecular formula is C11H24N4O. The highest BCUT2D eigenvalue weighted by Gasteiger charge is 2.14. The molecule has 0 saturated carbocycles. The van der Waals surface area contributed by atoms with Crippen molar-refractivity contribution in [2.75, 3.05) is 59.9 Å². The average molecular weight is 228 g/mol. The van der Waals surface area contributed by atoms with Crippen LogP contribution in [0.4, 0.5) is 4.79 Å². The largest absolute Gasteiger partial charge is 0.328 e. The molecule has 1 N–H and O–H groups in total. The van der Waals surface area contributed by atoms with Crippen LogP contribution < -0.4 is 5.32 Å². The van der Waals surface area contributed by atoms with Gasteiger partial charge in [-0.05, 0) is 6.92 Å². The van der Waals surface area contributed by atoms with Gasteiger partial charge in [-0.2, -0.15) is 0 Å². The third-order valence-corrected chi connectivity index (χ3v) is 3.09. The lowest BCUT2D eigenvalue weighted by Crippen LogP contribution is -2.47. The molecule has 0 spiro atoms. The van der Waals surface area contributed by atoms with Crippen molar-refractivity contribution in [3.63, 3.8) is 0 Å². The van der Waals surface area contributed by atoms with E-state index in [1.165, 1.54) is 0 Å². The summed E-state index contributed by atoms with van der Waals surface area (Å²) >= 11 is 0. The zero-order chi connectivity index (χ0) is 12.0. The van der Waals surface area contributed by atoms with Crippen LogP contribution in [-0.2, 0) is 0 Å². The lowest BCUT2D eigenvalue weighted by atomic mass is 10.3. The van der Waals surface area contributed by atoms with Crippen LogP contribution >= 0.6 is 0 Å². The molecule has 0 atom stereocenters. The summed E-state index contributed by atoms with van der Waals surface area (Å²) in [6, 6.07) is 0.109. The van der Waals surface area contributed by atoms with Crippen molar-refractivity contribution in [3.05, 3.63) is 0 Å². The van der Waals surface area contributed by atoms with Gasteiger partial charge in [0.25, 0.3) is 0 Å².